The van der Waals surface area contributed by atoms with Crippen LogP contribution in [0.3, 0.4) is 0 Å². The first-order valence-electron chi connectivity index (χ1n) is 12.7. The van der Waals surface area contributed by atoms with E-state index in [0.717, 1.165) is 28.1 Å². The van der Waals surface area contributed by atoms with Crippen LogP contribution in [0.5, 0.6) is 0 Å². The first kappa shape index (κ1) is 20.9. The number of hydrogen-bond acceptors (Lipinski definition) is 2. The molecule has 38 heavy (non-hydrogen) atoms. The van der Waals surface area contributed by atoms with Crippen molar-refractivity contribution >= 4 is 43.5 Å². The lowest BCUT2D eigenvalue weighted by molar-refractivity contribution is 1.08. The highest BCUT2D eigenvalue weighted by molar-refractivity contribution is 6.20. The van der Waals surface area contributed by atoms with E-state index in [9.17, 15) is 0 Å². The van der Waals surface area contributed by atoms with Crippen LogP contribution in [0.15, 0.2) is 134 Å². The van der Waals surface area contributed by atoms with E-state index in [1.54, 1.807) is 6.20 Å². The van der Waals surface area contributed by atoms with Crippen molar-refractivity contribution in [3.8, 4) is 22.6 Å². The van der Waals surface area contributed by atoms with Gasteiger partial charge in [-0.25, -0.2) is 4.98 Å². The highest BCUT2D eigenvalue weighted by atomic mass is 15.1. The van der Waals surface area contributed by atoms with Crippen molar-refractivity contribution in [2.24, 2.45) is 0 Å². The molecule has 8 aromatic rings. The van der Waals surface area contributed by atoms with Crippen molar-refractivity contribution in [1.29, 1.82) is 0 Å². The minimum Gasteiger partial charge on any atom is -0.317 e. The number of para-hydroxylation sites is 2. The largest absolute Gasteiger partial charge is 0.317 e. The Bertz CT molecular complexity index is 2100. The first-order chi connectivity index (χ1) is 18.8. The minimum absolute atomic E-state index is 0.901. The number of benzene rings is 4. The quantitative estimate of drug-likeness (QED) is 0.252. The molecule has 0 radical (unpaired) electrons. The van der Waals surface area contributed by atoms with Gasteiger partial charge in [0.05, 0.1) is 16.6 Å². The van der Waals surface area contributed by atoms with Crippen LogP contribution in [0.4, 0.5) is 0 Å². The molecular formula is C34H22N4. The normalized spacial score (nSPS) is 11.7. The Morgan fingerprint density at radius 2 is 1.42 bits per heavy atom. The van der Waals surface area contributed by atoms with Gasteiger partial charge in [-0.05, 0) is 60.0 Å². The zero-order valence-electron chi connectivity index (χ0n) is 20.5. The molecule has 0 saturated carbocycles. The molecule has 0 unspecified atom stereocenters. The second-order valence-electron chi connectivity index (χ2n) is 9.61. The van der Waals surface area contributed by atoms with Gasteiger partial charge in [0.25, 0.3) is 0 Å². The van der Waals surface area contributed by atoms with Crippen LogP contribution < -0.4 is 0 Å². The third kappa shape index (κ3) is 3.10. The third-order valence-electron chi connectivity index (χ3n) is 7.47. The number of nitrogens with zero attached hydrogens (tertiary/aromatic N) is 4. The maximum Gasteiger partial charge on any atom is 0.137 e. The van der Waals surface area contributed by atoms with Crippen molar-refractivity contribution in [1.82, 2.24) is 19.1 Å². The summed E-state index contributed by atoms with van der Waals surface area (Å²) in [6.45, 7) is 0. The Kier molecular flexibility index (Phi) is 4.49. The zero-order valence-corrected chi connectivity index (χ0v) is 20.5. The lowest BCUT2D eigenvalue weighted by Crippen LogP contribution is -1.98. The Morgan fingerprint density at radius 3 is 2.26 bits per heavy atom. The van der Waals surface area contributed by atoms with E-state index in [1.165, 1.54) is 38.0 Å². The topological polar surface area (TPSA) is 35.6 Å². The van der Waals surface area contributed by atoms with Gasteiger partial charge >= 0.3 is 0 Å². The number of rotatable bonds is 3. The average molecular weight is 487 g/mol. The van der Waals surface area contributed by atoms with E-state index in [0.29, 0.717) is 0 Å². The fourth-order valence-electron chi connectivity index (χ4n) is 5.69. The number of fused-ring (bicyclic) bond motifs is 6. The first-order valence-corrected chi connectivity index (χ1v) is 12.7. The van der Waals surface area contributed by atoms with Gasteiger partial charge in [-0.2, -0.15) is 0 Å². The summed E-state index contributed by atoms with van der Waals surface area (Å²) in [5, 5.41) is 6.09. The molecule has 0 spiro atoms. The molecule has 0 atom stereocenters. The highest BCUT2D eigenvalue weighted by Crippen LogP contribution is 2.38. The average Bonchev–Trinajstić information content (AvgIpc) is 3.56. The molecule has 178 valence electrons. The second-order valence-corrected chi connectivity index (χ2v) is 9.61. The summed E-state index contributed by atoms with van der Waals surface area (Å²) >= 11 is 0. The van der Waals surface area contributed by atoms with Gasteiger partial charge in [-0.15, -0.1) is 0 Å². The van der Waals surface area contributed by atoms with Gasteiger partial charge in [0.1, 0.15) is 5.82 Å². The molecule has 0 aliphatic rings. The summed E-state index contributed by atoms with van der Waals surface area (Å²) in [4.78, 5) is 9.20. The summed E-state index contributed by atoms with van der Waals surface area (Å²) in [6.07, 6.45) is 7.76. The number of hydrogen-bond donors (Lipinski definition) is 0. The van der Waals surface area contributed by atoms with Crippen LogP contribution >= 0.6 is 0 Å². The fraction of sp³-hybridized carbons (Fsp3) is 0. The lowest BCUT2D eigenvalue weighted by Gasteiger charge is -2.11. The Hall–Kier alpha value is -5.22. The molecule has 0 bridgehead atoms. The highest BCUT2D eigenvalue weighted by Gasteiger charge is 2.17. The molecule has 4 aromatic heterocycles. The van der Waals surface area contributed by atoms with Crippen LogP contribution in [-0.4, -0.2) is 19.1 Å². The van der Waals surface area contributed by atoms with Gasteiger partial charge in [0.15, 0.2) is 0 Å². The molecule has 4 heterocycles. The summed E-state index contributed by atoms with van der Waals surface area (Å²) < 4.78 is 4.56. The van der Waals surface area contributed by atoms with E-state index in [4.69, 9.17) is 4.98 Å². The minimum atomic E-state index is 0.901. The molecule has 4 heteroatoms. The number of pyridine rings is 2. The van der Waals surface area contributed by atoms with Gasteiger partial charge in [0, 0.05) is 63.1 Å². The van der Waals surface area contributed by atoms with Crippen molar-refractivity contribution < 1.29 is 0 Å². The molecule has 0 aliphatic heterocycles. The SMILES string of the molecule is c1ccc(-n2ccc3cc4c(ccc5c6ccccc6n(-c6ccc(-c7cccnc7)cn6)c45)cc32)cc1. The molecular weight excluding hydrogens is 464 g/mol. The molecule has 0 saturated heterocycles. The molecule has 0 fully saturated rings. The van der Waals surface area contributed by atoms with Crippen LogP contribution in [-0.2, 0) is 0 Å². The van der Waals surface area contributed by atoms with Crippen molar-refractivity contribution in [2.75, 3.05) is 0 Å². The predicted molar refractivity (Wildman–Crippen MR) is 156 cm³/mol. The zero-order chi connectivity index (χ0) is 25.1. The van der Waals surface area contributed by atoms with E-state index < -0.39 is 0 Å². The lowest BCUT2D eigenvalue weighted by atomic mass is 10.0. The summed E-state index contributed by atoms with van der Waals surface area (Å²) in [6, 6.07) is 38.7. The maximum absolute atomic E-state index is 4.94. The standard InChI is InChI=1S/C34H22N4/c1-2-8-27(9-3-1)37-18-16-24-19-30-23(20-32(24)37)12-14-29-28-10-4-5-11-31(28)38(34(29)30)33-15-13-26(22-36-33)25-7-6-17-35-21-25/h1-22H. The summed E-state index contributed by atoms with van der Waals surface area (Å²) in [7, 11) is 0. The Labute approximate surface area is 219 Å². The monoisotopic (exact) mass is 486 g/mol. The third-order valence-corrected chi connectivity index (χ3v) is 7.47. The van der Waals surface area contributed by atoms with Gasteiger partial charge in [-0.3, -0.25) is 9.55 Å². The van der Waals surface area contributed by atoms with E-state index in [1.807, 2.05) is 18.5 Å². The van der Waals surface area contributed by atoms with Crippen molar-refractivity contribution in [2.45, 2.75) is 0 Å². The molecule has 0 N–H and O–H groups in total. The van der Waals surface area contributed by atoms with Crippen molar-refractivity contribution in [3.63, 3.8) is 0 Å². The molecule has 4 aromatic carbocycles. The number of aromatic nitrogens is 4. The molecule has 8 rings (SSSR count). The van der Waals surface area contributed by atoms with E-state index >= 15 is 0 Å². The van der Waals surface area contributed by atoms with E-state index in [-0.39, 0.29) is 0 Å². The van der Waals surface area contributed by atoms with Crippen LogP contribution in [0.1, 0.15) is 0 Å². The van der Waals surface area contributed by atoms with Gasteiger partial charge in [-0.1, -0.05) is 54.6 Å². The predicted octanol–water partition coefficient (Wildman–Crippen LogP) is 8.34. The summed E-state index contributed by atoms with van der Waals surface area (Å²) in [5.41, 5.74) is 6.80. The summed E-state index contributed by atoms with van der Waals surface area (Å²) in [5.74, 6) is 0.901. The van der Waals surface area contributed by atoms with Crippen LogP contribution in [0.25, 0.3) is 66.1 Å². The smallest absolute Gasteiger partial charge is 0.137 e. The van der Waals surface area contributed by atoms with Gasteiger partial charge in [0.2, 0.25) is 0 Å². The van der Waals surface area contributed by atoms with E-state index in [2.05, 4.69) is 123 Å². The Balaban J connectivity index is 1.40. The van der Waals surface area contributed by atoms with Crippen molar-refractivity contribution in [3.05, 3.63) is 134 Å². The van der Waals surface area contributed by atoms with Crippen LogP contribution in [0, 0.1) is 0 Å². The van der Waals surface area contributed by atoms with Gasteiger partial charge < -0.3 is 4.57 Å². The van der Waals surface area contributed by atoms with Crippen LogP contribution in [0.2, 0.25) is 0 Å². The molecule has 0 amide bonds. The maximum atomic E-state index is 4.94. The molecule has 0 aliphatic carbocycles. The Morgan fingerprint density at radius 1 is 0.553 bits per heavy atom. The fourth-order valence-corrected chi connectivity index (χ4v) is 5.69. The molecule has 4 nitrogen and oxygen atoms in total. The second kappa shape index (κ2) is 8.15.